The van der Waals surface area contributed by atoms with Crippen molar-refractivity contribution in [2.24, 2.45) is 0 Å². The summed E-state index contributed by atoms with van der Waals surface area (Å²) in [5.41, 5.74) is 3.61. The van der Waals surface area contributed by atoms with E-state index in [0.717, 1.165) is 24.2 Å². The molecule has 24 heavy (non-hydrogen) atoms. The van der Waals surface area contributed by atoms with Gasteiger partial charge in [-0.05, 0) is 36.5 Å². The van der Waals surface area contributed by atoms with E-state index in [4.69, 9.17) is 4.42 Å². The average molecular weight is 319 g/mol. The zero-order valence-electron chi connectivity index (χ0n) is 13.6. The zero-order chi connectivity index (χ0) is 16.7. The van der Waals surface area contributed by atoms with Crippen LogP contribution in [0.3, 0.4) is 0 Å². The smallest absolute Gasteiger partial charge is 0.226 e. The second-order valence-corrected chi connectivity index (χ2v) is 6.43. The minimum absolute atomic E-state index is 0.312. The van der Waals surface area contributed by atoms with Crippen molar-refractivity contribution < 1.29 is 4.42 Å². The number of nitrogens with one attached hydrogen (secondary N) is 1. The lowest BCUT2D eigenvalue weighted by atomic mass is 10.0. The largest absolute Gasteiger partial charge is 0.440 e. The van der Waals surface area contributed by atoms with Gasteiger partial charge in [0.05, 0.1) is 0 Å². The summed E-state index contributed by atoms with van der Waals surface area (Å²) in [5, 5.41) is 19.6. The van der Waals surface area contributed by atoms with Crippen LogP contribution in [0.1, 0.15) is 55.5 Å². The number of aromatic nitrogens is 4. The second-order valence-electron chi connectivity index (χ2n) is 6.43. The Balaban J connectivity index is 1.78. The fourth-order valence-corrected chi connectivity index (χ4v) is 2.73. The molecule has 6 nitrogen and oxygen atoms in total. The molecule has 2 heterocycles. The number of hydrogen-bond acceptors (Lipinski definition) is 5. The molecule has 4 rings (SSSR count). The standard InChI is InChI=1S/C18H17N5O/c1-10(2)11-3-7-13(8-4-11)18-20-16(17(24-18)12-5-6-12)15-14(9-19)21-23-22-15/h3-4,7-8,10,12H,5-6H2,1-2H3,(H,21,22,23). The third kappa shape index (κ3) is 2.48. The fourth-order valence-electron chi connectivity index (χ4n) is 2.73. The van der Waals surface area contributed by atoms with Crippen LogP contribution in [0.2, 0.25) is 0 Å². The summed E-state index contributed by atoms with van der Waals surface area (Å²) < 4.78 is 6.05. The summed E-state index contributed by atoms with van der Waals surface area (Å²) in [6.07, 6.45) is 2.15. The Bertz CT molecular complexity index is 910. The summed E-state index contributed by atoms with van der Waals surface area (Å²) in [6.45, 7) is 4.33. The highest BCUT2D eigenvalue weighted by molar-refractivity contribution is 5.67. The SMILES string of the molecule is CC(C)c1ccc(-c2nc(-c3nn[nH]c3C#N)c(C3CC3)o2)cc1. The van der Waals surface area contributed by atoms with Crippen molar-refractivity contribution in [3.8, 4) is 28.9 Å². The number of nitriles is 1. The zero-order valence-corrected chi connectivity index (χ0v) is 13.6. The topological polar surface area (TPSA) is 91.4 Å². The first-order chi connectivity index (χ1) is 11.7. The summed E-state index contributed by atoms with van der Waals surface area (Å²) >= 11 is 0. The number of hydrogen-bond donors (Lipinski definition) is 1. The van der Waals surface area contributed by atoms with Gasteiger partial charge in [0.25, 0.3) is 0 Å². The molecule has 0 spiro atoms. The molecule has 2 aromatic heterocycles. The fraction of sp³-hybridized carbons (Fsp3) is 0.333. The highest BCUT2D eigenvalue weighted by Gasteiger charge is 2.33. The number of oxazole rings is 1. The van der Waals surface area contributed by atoms with E-state index in [1.54, 1.807) is 0 Å². The van der Waals surface area contributed by atoms with Crippen molar-refractivity contribution in [3.05, 3.63) is 41.3 Å². The first kappa shape index (κ1) is 14.6. The highest BCUT2D eigenvalue weighted by Crippen LogP contribution is 2.45. The maximum atomic E-state index is 9.20. The maximum Gasteiger partial charge on any atom is 0.226 e. The molecule has 0 unspecified atom stereocenters. The number of rotatable bonds is 4. The van der Waals surface area contributed by atoms with E-state index >= 15 is 0 Å². The molecule has 0 bridgehead atoms. The Morgan fingerprint density at radius 2 is 1.96 bits per heavy atom. The predicted molar refractivity (Wildman–Crippen MR) is 88.1 cm³/mol. The molecular weight excluding hydrogens is 302 g/mol. The van der Waals surface area contributed by atoms with Crippen LogP contribution in [-0.4, -0.2) is 20.4 Å². The maximum absolute atomic E-state index is 9.20. The average Bonchev–Trinajstić information content (AvgIpc) is 3.17. The van der Waals surface area contributed by atoms with Gasteiger partial charge in [0.15, 0.2) is 11.4 Å². The van der Waals surface area contributed by atoms with Crippen molar-refractivity contribution in [2.75, 3.05) is 0 Å². The number of H-pyrrole nitrogens is 1. The van der Waals surface area contributed by atoms with Crippen molar-refractivity contribution >= 4 is 0 Å². The molecule has 0 amide bonds. The van der Waals surface area contributed by atoms with E-state index in [9.17, 15) is 5.26 Å². The Hall–Kier alpha value is -2.94. The van der Waals surface area contributed by atoms with E-state index in [0.29, 0.717) is 34.8 Å². The lowest BCUT2D eigenvalue weighted by Gasteiger charge is -2.04. The van der Waals surface area contributed by atoms with Gasteiger partial charge in [-0.1, -0.05) is 31.2 Å². The Kier molecular flexibility index (Phi) is 3.42. The molecule has 6 heteroatoms. The van der Waals surface area contributed by atoms with Crippen molar-refractivity contribution in [1.29, 1.82) is 5.26 Å². The molecule has 1 saturated carbocycles. The van der Waals surface area contributed by atoms with Gasteiger partial charge < -0.3 is 4.42 Å². The minimum Gasteiger partial charge on any atom is -0.440 e. The number of nitrogens with zero attached hydrogens (tertiary/aromatic N) is 4. The van der Waals surface area contributed by atoms with Crippen molar-refractivity contribution in [2.45, 2.75) is 38.5 Å². The van der Waals surface area contributed by atoms with E-state index in [1.807, 2.05) is 12.1 Å². The van der Waals surface area contributed by atoms with Crippen molar-refractivity contribution in [3.63, 3.8) is 0 Å². The van der Waals surface area contributed by atoms with Crippen LogP contribution in [0.4, 0.5) is 0 Å². The quantitative estimate of drug-likeness (QED) is 0.784. The van der Waals surface area contributed by atoms with E-state index in [2.05, 4.69) is 52.4 Å². The van der Waals surface area contributed by atoms with E-state index in [1.165, 1.54) is 5.56 Å². The van der Waals surface area contributed by atoms with Gasteiger partial charge in [0.2, 0.25) is 5.89 Å². The summed E-state index contributed by atoms with van der Waals surface area (Å²) in [6, 6.07) is 10.3. The normalized spacial score (nSPS) is 14.1. The molecule has 1 aliphatic rings. The van der Waals surface area contributed by atoms with E-state index in [-0.39, 0.29) is 0 Å². The monoisotopic (exact) mass is 319 g/mol. The Morgan fingerprint density at radius 1 is 1.21 bits per heavy atom. The molecule has 0 radical (unpaired) electrons. The molecule has 0 atom stereocenters. The molecule has 0 aliphatic heterocycles. The molecule has 1 aromatic carbocycles. The molecule has 0 saturated heterocycles. The molecular formula is C18H17N5O. The van der Waals surface area contributed by atoms with Gasteiger partial charge in [0.1, 0.15) is 17.5 Å². The van der Waals surface area contributed by atoms with Crippen molar-refractivity contribution in [1.82, 2.24) is 20.4 Å². The summed E-state index contributed by atoms with van der Waals surface area (Å²) in [7, 11) is 0. The van der Waals surface area contributed by atoms with E-state index < -0.39 is 0 Å². The molecule has 3 aromatic rings. The van der Waals surface area contributed by atoms with Crippen LogP contribution >= 0.6 is 0 Å². The highest BCUT2D eigenvalue weighted by atomic mass is 16.4. The van der Waals surface area contributed by atoms with Gasteiger partial charge in [-0.25, -0.2) is 10.1 Å². The first-order valence-corrected chi connectivity index (χ1v) is 8.10. The third-order valence-corrected chi connectivity index (χ3v) is 4.31. The van der Waals surface area contributed by atoms with Gasteiger partial charge in [-0.3, -0.25) is 0 Å². The summed E-state index contributed by atoms with van der Waals surface area (Å²) in [4.78, 5) is 4.63. The van der Waals surface area contributed by atoms with Gasteiger partial charge >= 0.3 is 0 Å². The lowest BCUT2D eigenvalue weighted by molar-refractivity contribution is 0.521. The third-order valence-electron chi connectivity index (χ3n) is 4.31. The minimum atomic E-state index is 0.312. The Labute approximate surface area is 139 Å². The molecule has 1 fully saturated rings. The number of aromatic amines is 1. The van der Waals surface area contributed by atoms with Crippen LogP contribution in [0.15, 0.2) is 28.7 Å². The van der Waals surface area contributed by atoms with Gasteiger partial charge in [0, 0.05) is 11.5 Å². The van der Waals surface area contributed by atoms with Crippen LogP contribution < -0.4 is 0 Å². The van der Waals surface area contributed by atoms with Crippen LogP contribution in [0, 0.1) is 11.3 Å². The van der Waals surface area contributed by atoms with Gasteiger partial charge in [-0.2, -0.15) is 5.26 Å². The predicted octanol–water partition coefficient (Wildman–Crippen LogP) is 4.00. The molecule has 1 N–H and O–H groups in total. The lowest BCUT2D eigenvalue weighted by Crippen LogP contribution is -1.88. The molecule has 1 aliphatic carbocycles. The summed E-state index contributed by atoms with van der Waals surface area (Å²) in [5.74, 6) is 2.21. The number of benzene rings is 1. The van der Waals surface area contributed by atoms with Crippen LogP contribution in [-0.2, 0) is 0 Å². The Morgan fingerprint density at radius 3 is 2.58 bits per heavy atom. The van der Waals surface area contributed by atoms with Crippen LogP contribution in [0.25, 0.3) is 22.8 Å². The van der Waals surface area contributed by atoms with Gasteiger partial charge in [-0.15, -0.1) is 5.10 Å². The van der Waals surface area contributed by atoms with Crippen LogP contribution in [0.5, 0.6) is 0 Å². The molecule has 120 valence electrons. The first-order valence-electron chi connectivity index (χ1n) is 8.10. The second kappa shape index (κ2) is 5.60.